The van der Waals surface area contributed by atoms with Crippen LogP contribution in [0.4, 0.5) is 11.6 Å². The first-order valence-electron chi connectivity index (χ1n) is 9.78. The van der Waals surface area contributed by atoms with Crippen molar-refractivity contribution in [2.45, 2.75) is 39.2 Å². The van der Waals surface area contributed by atoms with E-state index in [4.69, 9.17) is 19.6 Å². The van der Waals surface area contributed by atoms with E-state index in [0.717, 1.165) is 48.5 Å². The van der Waals surface area contributed by atoms with Crippen LogP contribution in [0.15, 0.2) is 18.2 Å². The molecule has 0 atom stereocenters. The second kappa shape index (κ2) is 9.10. The molecule has 152 valence electrons. The molecule has 3 rings (SSSR count). The van der Waals surface area contributed by atoms with E-state index < -0.39 is 0 Å². The van der Waals surface area contributed by atoms with E-state index >= 15 is 0 Å². The van der Waals surface area contributed by atoms with Crippen LogP contribution < -0.4 is 19.7 Å². The summed E-state index contributed by atoms with van der Waals surface area (Å²) in [6.07, 6.45) is 1.61. The molecule has 1 aliphatic rings. The molecule has 0 aliphatic carbocycles. The lowest BCUT2D eigenvalue weighted by Gasteiger charge is -2.31. The number of hydrogen-bond acceptors (Lipinski definition) is 7. The number of aromatic nitrogens is 2. The van der Waals surface area contributed by atoms with Gasteiger partial charge in [0.1, 0.15) is 17.5 Å². The van der Waals surface area contributed by atoms with Gasteiger partial charge in [-0.15, -0.1) is 0 Å². The Morgan fingerprint density at radius 2 is 1.82 bits per heavy atom. The number of anilines is 2. The van der Waals surface area contributed by atoms with Crippen molar-refractivity contribution < 1.29 is 14.6 Å². The van der Waals surface area contributed by atoms with E-state index in [2.05, 4.69) is 41.2 Å². The molecule has 2 heterocycles. The molecule has 0 bridgehead atoms. The van der Waals surface area contributed by atoms with Gasteiger partial charge in [-0.1, -0.05) is 13.8 Å². The smallest absolute Gasteiger partial charge is 0.161 e. The Bertz CT molecular complexity index is 810. The van der Waals surface area contributed by atoms with Gasteiger partial charge in [0.25, 0.3) is 0 Å². The predicted octanol–water partition coefficient (Wildman–Crippen LogP) is 2.97. The van der Waals surface area contributed by atoms with E-state index in [9.17, 15) is 0 Å². The van der Waals surface area contributed by atoms with Crippen molar-refractivity contribution >= 4 is 11.6 Å². The molecule has 7 heteroatoms. The normalized spacial score (nSPS) is 13.4. The van der Waals surface area contributed by atoms with E-state index in [1.165, 1.54) is 11.1 Å². The van der Waals surface area contributed by atoms with Gasteiger partial charge in [0.2, 0.25) is 0 Å². The van der Waals surface area contributed by atoms with Crippen LogP contribution in [-0.4, -0.2) is 49.0 Å². The summed E-state index contributed by atoms with van der Waals surface area (Å²) in [5.74, 6) is 4.31. The monoisotopic (exact) mass is 386 g/mol. The average molecular weight is 386 g/mol. The largest absolute Gasteiger partial charge is 0.493 e. The van der Waals surface area contributed by atoms with Gasteiger partial charge in [0, 0.05) is 38.2 Å². The second-order valence-corrected chi connectivity index (χ2v) is 7.28. The molecular formula is C21H30N4O3. The van der Waals surface area contributed by atoms with Crippen molar-refractivity contribution in [1.29, 1.82) is 0 Å². The summed E-state index contributed by atoms with van der Waals surface area (Å²) in [7, 11) is 3.33. The van der Waals surface area contributed by atoms with Crippen LogP contribution in [0.2, 0.25) is 0 Å². The molecule has 0 saturated heterocycles. The number of aliphatic hydroxyl groups excluding tert-OH is 1. The summed E-state index contributed by atoms with van der Waals surface area (Å²) in [6.45, 7) is 6.69. The quantitative estimate of drug-likeness (QED) is 0.675. The van der Waals surface area contributed by atoms with Crippen molar-refractivity contribution in [3.8, 4) is 11.5 Å². The molecular weight excluding hydrogens is 356 g/mol. The van der Waals surface area contributed by atoms with Crippen molar-refractivity contribution in [1.82, 2.24) is 9.97 Å². The molecule has 0 fully saturated rings. The molecule has 0 unspecified atom stereocenters. The third kappa shape index (κ3) is 4.47. The van der Waals surface area contributed by atoms with Crippen molar-refractivity contribution in [2.75, 3.05) is 44.1 Å². The number of benzene rings is 1. The van der Waals surface area contributed by atoms with Crippen molar-refractivity contribution in [3.05, 3.63) is 35.2 Å². The van der Waals surface area contributed by atoms with Crippen LogP contribution in [-0.2, 0) is 13.0 Å². The highest BCUT2D eigenvalue weighted by molar-refractivity contribution is 5.54. The summed E-state index contributed by atoms with van der Waals surface area (Å²) in [5.41, 5.74) is 2.51. The highest BCUT2D eigenvalue weighted by Gasteiger charge is 2.22. The van der Waals surface area contributed by atoms with Crippen LogP contribution >= 0.6 is 0 Å². The molecule has 28 heavy (non-hydrogen) atoms. The molecule has 0 radical (unpaired) electrons. The summed E-state index contributed by atoms with van der Waals surface area (Å²) in [6, 6.07) is 6.13. The highest BCUT2D eigenvalue weighted by atomic mass is 16.5. The van der Waals surface area contributed by atoms with Gasteiger partial charge in [0.05, 0.1) is 14.2 Å². The Hall–Kier alpha value is -2.54. The van der Waals surface area contributed by atoms with Crippen LogP contribution in [0.3, 0.4) is 0 Å². The molecule has 2 N–H and O–H groups in total. The minimum Gasteiger partial charge on any atom is -0.493 e. The maximum Gasteiger partial charge on any atom is 0.161 e. The summed E-state index contributed by atoms with van der Waals surface area (Å²) in [5, 5.41) is 12.3. The Kier molecular flexibility index (Phi) is 6.57. The molecule has 0 spiro atoms. The lowest BCUT2D eigenvalue weighted by atomic mass is 9.99. The van der Waals surface area contributed by atoms with E-state index in [1.807, 2.05) is 6.07 Å². The van der Waals surface area contributed by atoms with Crippen LogP contribution in [0.25, 0.3) is 0 Å². The fourth-order valence-corrected chi connectivity index (χ4v) is 3.34. The second-order valence-electron chi connectivity index (χ2n) is 7.28. The number of fused-ring (bicyclic) bond motifs is 1. The minimum absolute atomic E-state index is 0.163. The van der Waals surface area contributed by atoms with Crippen LogP contribution in [0.1, 0.15) is 43.1 Å². The molecule has 0 saturated carbocycles. The highest BCUT2D eigenvalue weighted by Crippen LogP contribution is 2.34. The topological polar surface area (TPSA) is 79.7 Å². The minimum atomic E-state index is 0.163. The first-order chi connectivity index (χ1) is 13.5. The zero-order valence-corrected chi connectivity index (χ0v) is 17.2. The number of aliphatic hydroxyl groups is 1. The average Bonchev–Trinajstić information content (AvgIpc) is 2.72. The van der Waals surface area contributed by atoms with Crippen LogP contribution in [0.5, 0.6) is 11.5 Å². The lowest BCUT2D eigenvalue weighted by molar-refractivity contribution is 0.292. The Labute approximate surface area is 166 Å². The molecule has 1 aromatic heterocycles. The van der Waals surface area contributed by atoms with E-state index in [0.29, 0.717) is 13.0 Å². The van der Waals surface area contributed by atoms with Gasteiger partial charge in [-0.3, -0.25) is 0 Å². The number of methoxy groups -OCH3 is 2. The van der Waals surface area contributed by atoms with E-state index in [1.54, 1.807) is 14.2 Å². The summed E-state index contributed by atoms with van der Waals surface area (Å²) in [4.78, 5) is 11.7. The first kappa shape index (κ1) is 20.2. The van der Waals surface area contributed by atoms with Crippen LogP contribution in [0, 0.1) is 0 Å². The first-order valence-corrected chi connectivity index (χ1v) is 9.78. The Balaban J connectivity index is 1.87. The van der Waals surface area contributed by atoms with Gasteiger partial charge in [-0.05, 0) is 36.1 Å². The zero-order valence-electron chi connectivity index (χ0n) is 17.2. The van der Waals surface area contributed by atoms with Gasteiger partial charge in [0.15, 0.2) is 11.5 Å². The van der Waals surface area contributed by atoms with Crippen molar-refractivity contribution in [2.24, 2.45) is 0 Å². The van der Waals surface area contributed by atoms with Gasteiger partial charge >= 0.3 is 0 Å². The number of nitrogens with one attached hydrogen (secondary N) is 1. The van der Waals surface area contributed by atoms with Crippen molar-refractivity contribution in [3.63, 3.8) is 0 Å². The SMILES string of the molecule is COc1cc2c(cc1OC)CN(c1cc(NCCCO)nc(C(C)C)n1)CC2. The number of ether oxygens (including phenoxy) is 2. The molecule has 0 amide bonds. The summed E-state index contributed by atoms with van der Waals surface area (Å²) >= 11 is 0. The Morgan fingerprint density at radius 1 is 1.11 bits per heavy atom. The van der Waals surface area contributed by atoms with Gasteiger partial charge in [-0.2, -0.15) is 0 Å². The summed E-state index contributed by atoms with van der Waals surface area (Å²) < 4.78 is 10.9. The number of rotatable bonds is 8. The fourth-order valence-electron chi connectivity index (χ4n) is 3.34. The molecule has 1 aromatic carbocycles. The maximum atomic E-state index is 9.02. The van der Waals surface area contributed by atoms with Gasteiger partial charge in [-0.25, -0.2) is 9.97 Å². The zero-order chi connectivity index (χ0) is 20.1. The standard InChI is InChI=1S/C21H30N4O3/c1-14(2)21-23-19(22-7-5-9-26)12-20(24-21)25-8-6-15-10-17(27-3)18(28-4)11-16(15)13-25/h10-12,14,26H,5-9,13H2,1-4H3,(H,22,23,24). The third-order valence-electron chi connectivity index (χ3n) is 4.93. The number of hydrogen-bond donors (Lipinski definition) is 2. The fraction of sp³-hybridized carbons (Fsp3) is 0.524. The Morgan fingerprint density at radius 3 is 2.46 bits per heavy atom. The number of nitrogens with zero attached hydrogens (tertiary/aromatic N) is 3. The lowest BCUT2D eigenvalue weighted by Crippen LogP contribution is -2.31. The molecule has 2 aromatic rings. The maximum absolute atomic E-state index is 9.02. The molecule has 7 nitrogen and oxygen atoms in total. The third-order valence-corrected chi connectivity index (χ3v) is 4.93. The van der Waals surface area contributed by atoms with E-state index in [-0.39, 0.29) is 12.5 Å². The molecule has 1 aliphatic heterocycles. The van der Waals surface area contributed by atoms with Gasteiger partial charge < -0.3 is 24.8 Å². The predicted molar refractivity (Wildman–Crippen MR) is 111 cm³/mol.